The molecule has 18 heavy (non-hydrogen) atoms. The number of guanidine groups is 1. The van der Waals surface area contributed by atoms with Crippen LogP contribution in [0.25, 0.3) is 0 Å². The zero-order chi connectivity index (χ0) is 13.7. The Hall–Kier alpha value is -2.57. The number of carboxylic acid groups (broad SMARTS) is 1. The molecule has 0 spiro atoms. The zero-order valence-corrected chi connectivity index (χ0v) is 9.71. The van der Waals surface area contributed by atoms with Crippen molar-refractivity contribution in [1.82, 2.24) is 0 Å². The second-order valence-corrected chi connectivity index (χ2v) is 3.44. The summed E-state index contributed by atoms with van der Waals surface area (Å²) in [5, 5.41) is 9.05. The van der Waals surface area contributed by atoms with Gasteiger partial charge < -0.3 is 21.3 Å². The van der Waals surface area contributed by atoms with Gasteiger partial charge in [-0.25, -0.2) is 9.79 Å². The topological polar surface area (TPSA) is 128 Å². The molecule has 0 atom stereocenters. The number of aromatic carboxylic acids is 1. The number of hydrogen-bond acceptors (Lipinski definition) is 4. The molecule has 0 heterocycles. The largest absolute Gasteiger partial charge is 0.478 e. The fourth-order valence-corrected chi connectivity index (χ4v) is 1.36. The maximum atomic E-state index is 11.1. The van der Waals surface area contributed by atoms with E-state index < -0.39 is 11.9 Å². The highest BCUT2D eigenvalue weighted by atomic mass is 16.5. The van der Waals surface area contributed by atoms with Gasteiger partial charge in [0, 0.05) is 0 Å². The first kappa shape index (κ1) is 13.5. The summed E-state index contributed by atoms with van der Waals surface area (Å²) in [7, 11) is 1.23. The number of esters is 1. The van der Waals surface area contributed by atoms with Crippen LogP contribution >= 0.6 is 0 Å². The maximum Gasteiger partial charge on any atom is 0.336 e. The van der Waals surface area contributed by atoms with Crippen LogP contribution in [0.4, 0.5) is 5.69 Å². The Morgan fingerprint density at radius 1 is 1.39 bits per heavy atom. The molecule has 0 aliphatic rings. The van der Waals surface area contributed by atoms with E-state index in [-0.39, 0.29) is 17.9 Å². The minimum Gasteiger partial charge on any atom is -0.478 e. The zero-order valence-electron chi connectivity index (χ0n) is 9.71. The number of carbonyl (C=O) groups is 2. The summed E-state index contributed by atoms with van der Waals surface area (Å²) in [5.41, 5.74) is 11.0. The van der Waals surface area contributed by atoms with Crippen LogP contribution in [0.15, 0.2) is 23.2 Å². The predicted octanol–water partition coefficient (Wildman–Crippen LogP) is 0.00520. The van der Waals surface area contributed by atoms with E-state index in [0.717, 1.165) is 0 Å². The molecule has 0 fully saturated rings. The third-order valence-corrected chi connectivity index (χ3v) is 2.14. The number of aliphatic imine (C=N–C) groups is 1. The number of carbonyl (C=O) groups excluding carboxylic acids is 1. The average molecular weight is 251 g/mol. The number of nitrogens with two attached hydrogens (primary N) is 2. The summed E-state index contributed by atoms with van der Waals surface area (Å²) in [6, 6.07) is 4.28. The number of ether oxygens (including phenoxy) is 1. The Balaban J connectivity index is 3.16. The molecule has 1 aromatic carbocycles. The first-order valence-electron chi connectivity index (χ1n) is 4.96. The van der Waals surface area contributed by atoms with E-state index in [1.165, 1.54) is 25.3 Å². The highest BCUT2D eigenvalue weighted by molar-refractivity contribution is 5.92. The standard InChI is InChI=1S/C11H13N3O4/c1-18-9(15)4-6-2-3-7(14-11(12)13)5-8(6)10(16)17/h2-3,5H,4H2,1H3,(H,16,17)(H4,12,13,14). The highest BCUT2D eigenvalue weighted by Crippen LogP contribution is 2.19. The molecule has 0 unspecified atom stereocenters. The van der Waals surface area contributed by atoms with E-state index in [1.807, 2.05) is 0 Å². The Bertz CT molecular complexity index is 507. The molecule has 0 bridgehead atoms. The molecular formula is C11H13N3O4. The Kier molecular flexibility index (Phi) is 4.25. The van der Waals surface area contributed by atoms with Gasteiger partial charge in [0.25, 0.3) is 0 Å². The van der Waals surface area contributed by atoms with Crippen molar-refractivity contribution < 1.29 is 19.4 Å². The van der Waals surface area contributed by atoms with Crippen molar-refractivity contribution >= 4 is 23.6 Å². The van der Waals surface area contributed by atoms with Gasteiger partial charge in [0.2, 0.25) is 0 Å². The molecule has 0 aromatic heterocycles. The number of benzene rings is 1. The Morgan fingerprint density at radius 3 is 2.56 bits per heavy atom. The number of methoxy groups -OCH3 is 1. The van der Waals surface area contributed by atoms with Crippen LogP contribution in [0.5, 0.6) is 0 Å². The monoisotopic (exact) mass is 251 g/mol. The Morgan fingerprint density at radius 2 is 2.06 bits per heavy atom. The molecule has 0 radical (unpaired) electrons. The molecule has 0 saturated carbocycles. The molecule has 96 valence electrons. The van der Waals surface area contributed by atoms with E-state index >= 15 is 0 Å². The molecule has 7 nitrogen and oxygen atoms in total. The third-order valence-electron chi connectivity index (χ3n) is 2.14. The van der Waals surface area contributed by atoms with Gasteiger partial charge in [-0.05, 0) is 17.7 Å². The summed E-state index contributed by atoms with van der Waals surface area (Å²) in [5.74, 6) is -1.86. The van der Waals surface area contributed by atoms with Gasteiger partial charge in [0.05, 0.1) is 24.8 Å². The van der Waals surface area contributed by atoms with Crippen molar-refractivity contribution in [3.63, 3.8) is 0 Å². The van der Waals surface area contributed by atoms with Gasteiger partial charge in [-0.1, -0.05) is 6.07 Å². The molecule has 0 amide bonds. The van der Waals surface area contributed by atoms with Crippen molar-refractivity contribution in [2.75, 3.05) is 7.11 Å². The molecule has 0 aliphatic carbocycles. The lowest BCUT2D eigenvalue weighted by molar-refractivity contribution is -0.139. The first-order chi connectivity index (χ1) is 8.43. The normalized spacial score (nSPS) is 9.61. The van der Waals surface area contributed by atoms with E-state index in [9.17, 15) is 9.59 Å². The van der Waals surface area contributed by atoms with Crippen LogP contribution in [0.1, 0.15) is 15.9 Å². The van der Waals surface area contributed by atoms with Gasteiger partial charge in [0.15, 0.2) is 5.96 Å². The van der Waals surface area contributed by atoms with Crippen LogP contribution in [0.3, 0.4) is 0 Å². The molecule has 1 rings (SSSR count). The van der Waals surface area contributed by atoms with Crippen molar-refractivity contribution in [3.8, 4) is 0 Å². The summed E-state index contributed by atoms with van der Waals surface area (Å²) >= 11 is 0. The minimum atomic E-state index is -1.17. The summed E-state index contributed by atoms with van der Waals surface area (Å²) in [6.45, 7) is 0. The fraction of sp³-hybridized carbons (Fsp3) is 0.182. The van der Waals surface area contributed by atoms with Gasteiger partial charge in [-0.3, -0.25) is 4.79 Å². The van der Waals surface area contributed by atoms with Gasteiger partial charge >= 0.3 is 11.9 Å². The van der Waals surface area contributed by atoms with Gasteiger partial charge in [-0.2, -0.15) is 0 Å². The average Bonchev–Trinajstić information content (AvgIpc) is 2.29. The Labute approximate surface area is 103 Å². The van der Waals surface area contributed by atoms with Crippen LogP contribution in [-0.2, 0) is 16.0 Å². The fourth-order valence-electron chi connectivity index (χ4n) is 1.36. The van der Waals surface area contributed by atoms with E-state index in [1.54, 1.807) is 0 Å². The van der Waals surface area contributed by atoms with E-state index in [2.05, 4.69) is 9.73 Å². The van der Waals surface area contributed by atoms with Gasteiger partial charge in [-0.15, -0.1) is 0 Å². The molecule has 5 N–H and O–H groups in total. The number of carboxylic acids is 1. The van der Waals surface area contributed by atoms with Crippen LogP contribution < -0.4 is 11.5 Å². The first-order valence-corrected chi connectivity index (χ1v) is 4.96. The van der Waals surface area contributed by atoms with Gasteiger partial charge in [0.1, 0.15) is 0 Å². The molecule has 0 aliphatic heterocycles. The summed E-state index contributed by atoms with van der Waals surface area (Å²) in [4.78, 5) is 25.9. The van der Waals surface area contributed by atoms with Crippen molar-refractivity contribution in [1.29, 1.82) is 0 Å². The van der Waals surface area contributed by atoms with Crippen molar-refractivity contribution in [2.24, 2.45) is 16.5 Å². The van der Waals surface area contributed by atoms with E-state index in [4.69, 9.17) is 16.6 Å². The lowest BCUT2D eigenvalue weighted by Crippen LogP contribution is -2.22. The smallest absolute Gasteiger partial charge is 0.336 e. The maximum absolute atomic E-state index is 11.1. The lowest BCUT2D eigenvalue weighted by atomic mass is 10.0. The highest BCUT2D eigenvalue weighted by Gasteiger charge is 2.14. The molecular weight excluding hydrogens is 238 g/mol. The second-order valence-electron chi connectivity index (χ2n) is 3.44. The second kappa shape index (κ2) is 5.67. The minimum absolute atomic E-state index is 0.0390. The van der Waals surface area contributed by atoms with Crippen LogP contribution in [0, 0.1) is 0 Å². The third kappa shape index (κ3) is 3.48. The molecule has 7 heteroatoms. The summed E-state index contributed by atoms with van der Waals surface area (Å²) < 4.78 is 4.48. The van der Waals surface area contributed by atoms with Crippen LogP contribution in [0.2, 0.25) is 0 Å². The summed E-state index contributed by atoms with van der Waals surface area (Å²) in [6.07, 6.45) is -0.125. The lowest BCUT2D eigenvalue weighted by Gasteiger charge is -2.06. The SMILES string of the molecule is COC(=O)Cc1ccc(N=C(N)N)cc1C(=O)O. The molecule has 0 saturated heterocycles. The molecule has 1 aromatic rings. The van der Waals surface area contributed by atoms with Crippen LogP contribution in [-0.4, -0.2) is 30.1 Å². The van der Waals surface area contributed by atoms with Crippen molar-refractivity contribution in [2.45, 2.75) is 6.42 Å². The number of rotatable bonds is 4. The number of hydrogen-bond donors (Lipinski definition) is 3. The van der Waals surface area contributed by atoms with Crippen molar-refractivity contribution in [3.05, 3.63) is 29.3 Å². The number of nitrogens with zero attached hydrogens (tertiary/aromatic N) is 1. The van der Waals surface area contributed by atoms with E-state index in [0.29, 0.717) is 11.3 Å². The predicted molar refractivity (Wildman–Crippen MR) is 64.6 cm³/mol. The quantitative estimate of drug-likeness (QED) is 0.392.